The first kappa shape index (κ1) is 18.5. The van der Waals surface area contributed by atoms with Crippen LogP contribution in [0.15, 0.2) is 0 Å². The van der Waals surface area contributed by atoms with Gasteiger partial charge in [-0.25, -0.2) is 0 Å². The summed E-state index contributed by atoms with van der Waals surface area (Å²) in [5.74, 6) is -0.923. The molecule has 0 aromatic rings. The van der Waals surface area contributed by atoms with Gasteiger partial charge in [0.1, 0.15) is 0 Å². The molecule has 1 atom stereocenters. The molecule has 0 bridgehead atoms. The van der Waals surface area contributed by atoms with Crippen LogP contribution in [-0.2, 0) is 4.79 Å². The first-order chi connectivity index (χ1) is 10.1. The highest BCUT2D eigenvalue weighted by Crippen LogP contribution is 2.21. The number of hydrogen-bond acceptors (Lipinski definition) is 2. The lowest BCUT2D eigenvalue weighted by Crippen LogP contribution is -2.40. The van der Waals surface area contributed by atoms with Crippen LogP contribution in [0.5, 0.6) is 0 Å². The number of carboxylic acid groups (broad SMARTS) is 1. The van der Waals surface area contributed by atoms with Crippen LogP contribution in [0, 0.1) is 5.92 Å². The van der Waals surface area contributed by atoms with E-state index in [1.807, 2.05) is 6.92 Å². The van der Waals surface area contributed by atoms with E-state index in [2.05, 4.69) is 11.8 Å². The van der Waals surface area contributed by atoms with Gasteiger partial charge in [0.2, 0.25) is 0 Å². The largest absolute Gasteiger partial charge is 0.481 e. The molecular weight excluding hydrogens is 262 g/mol. The zero-order valence-corrected chi connectivity index (χ0v) is 14.1. The van der Waals surface area contributed by atoms with Crippen molar-refractivity contribution in [2.24, 2.45) is 5.92 Å². The lowest BCUT2D eigenvalue weighted by atomic mass is 9.96. The summed E-state index contributed by atoms with van der Waals surface area (Å²) in [6, 6.07) is 0.594. The van der Waals surface area contributed by atoms with Crippen molar-refractivity contribution in [2.75, 3.05) is 13.1 Å². The molecule has 124 valence electrons. The van der Waals surface area contributed by atoms with Gasteiger partial charge in [-0.15, -0.1) is 0 Å². The van der Waals surface area contributed by atoms with Crippen LogP contribution in [0.2, 0.25) is 0 Å². The number of hydrogen-bond donors (Lipinski definition) is 1. The molecule has 1 saturated carbocycles. The fourth-order valence-electron chi connectivity index (χ4n) is 3.47. The van der Waals surface area contributed by atoms with E-state index in [0.717, 1.165) is 6.54 Å². The van der Waals surface area contributed by atoms with Gasteiger partial charge in [-0.2, -0.15) is 0 Å². The average molecular weight is 297 g/mol. The SMILES string of the molecule is CCN(CC(C)C(=O)O)C1CCCCCCCCCCC1. The minimum absolute atomic E-state index is 0.258. The summed E-state index contributed by atoms with van der Waals surface area (Å²) in [6.45, 7) is 5.68. The van der Waals surface area contributed by atoms with Gasteiger partial charge in [0.15, 0.2) is 0 Å². The molecule has 1 N–H and O–H groups in total. The molecule has 0 amide bonds. The Bertz CT molecular complexity index is 268. The fraction of sp³-hybridized carbons (Fsp3) is 0.944. The van der Waals surface area contributed by atoms with Crippen LogP contribution in [-0.4, -0.2) is 35.1 Å². The maximum Gasteiger partial charge on any atom is 0.307 e. The monoisotopic (exact) mass is 297 g/mol. The number of carboxylic acids is 1. The lowest BCUT2D eigenvalue weighted by Gasteiger charge is -2.32. The van der Waals surface area contributed by atoms with E-state index >= 15 is 0 Å². The van der Waals surface area contributed by atoms with E-state index in [1.54, 1.807) is 0 Å². The summed E-state index contributed by atoms with van der Waals surface area (Å²) < 4.78 is 0. The molecule has 3 heteroatoms. The second-order valence-electron chi connectivity index (χ2n) is 6.74. The molecule has 1 aliphatic rings. The van der Waals surface area contributed by atoms with Gasteiger partial charge in [-0.05, 0) is 19.4 Å². The Hall–Kier alpha value is -0.570. The highest BCUT2D eigenvalue weighted by molar-refractivity contribution is 5.69. The molecule has 1 unspecified atom stereocenters. The third-order valence-electron chi connectivity index (χ3n) is 4.93. The van der Waals surface area contributed by atoms with Gasteiger partial charge in [0.25, 0.3) is 0 Å². The summed E-state index contributed by atoms with van der Waals surface area (Å²) >= 11 is 0. The minimum Gasteiger partial charge on any atom is -0.481 e. The number of nitrogens with zero attached hydrogens (tertiary/aromatic N) is 1. The van der Waals surface area contributed by atoms with Crippen molar-refractivity contribution in [2.45, 2.75) is 90.5 Å². The predicted molar refractivity (Wildman–Crippen MR) is 88.6 cm³/mol. The molecular formula is C18H35NO2. The van der Waals surface area contributed by atoms with E-state index in [9.17, 15) is 4.79 Å². The Balaban J connectivity index is 2.52. The molecule has 21 heavy (non-hydrogen) atoms. The third-order valence-corrected chi connectivity index (χ3v) is 4.93. The molecule has 0 heterocycles. The topological polar surface area (TPSA) is 40.5 Å². The van der Waals surface area contributed by atoms with Crippen molar-refractivity contribution in [3.63, 3.8) is 0 Å². The highest BCUT2D eigenvalue weighted by atomic mass is 16.4. The molecule has 0 aromatic carbocycles. The Labute approximate surface area is 131 Å². The van der Waals surface area contributed by atoms with Gasteiger partial charge in [0, 0.05) is 12.6 Å². The van der Waals surface area contributed by atoms with Crippen molar-refractivity contribution in [1.82, 2.24) is 4.90 Å². The average Bonchev–Trinajstić information content (AvgIpc) is 2.45. The molecule has 3 nitrogen and oxygen atoms in total. The Morgan fingerprint density at radius 3 is 1.81 bits per heavy atom. The Morgan fingerprint density at radius 2 is 1.43 bits per heavy atom. The van der Waals surface area contributed by atoms with Crippen LogP contribution in [0.4, 0.5) is 0 Å². The minimum atomic E-state index is -0.665. The van der Waals surface area contributed by atoms with Crippen molar-refractivity contribution in [3.8, 4) is 0 Å². The van der Waals surface area contributed by atoms with Gasteiger partial charge in [0.05, 0.1) is 5.92 Å². The summed E-state index contributed by atoms with van der Waals surface area (Å²) in [5.41, 5.74) is 0. The van der Waals surface area contributed by atoms with Crippen molar-refractivity contribution >= 4 is 5.97 Å². The van der Waals surface area contributed by atoms with Crippen LogP contribution in [0.3, 0.4) is 0 Å². The summed E-state index contributed by atoms with van der Waals surface area (Å²) in [5, 5.41) is 9.15. The van der Waals surface area contributed by atoms with Crippen LogP contribution in [0.1, 0.15) is 84.5 Å². The first-order valence-corrected chi connectivity index (χ1v) is 9.12. The van der Waals surface area contributed by atoms with Crippen molar-refractivity contribution in [1.29, 1.82) is 0 Å². The Morgan fingerprint density at radius 1 is 1.00 bits per heavy atom. The standard InChI is InChI=1S/C18H35NO2/c1-3-19(15-16(2)18(20)21)17-13-11-9-7-5-4-6-8-10-12-14-17/h16-17H,3-15H2,1-2H3,(H,20,21). The smallest absolute Gasteiger partial charge is 0.307 e. The molecule has 0 saturated heterocycles. The quantitative estimate of drug-likeness (QED) is 0.799. The second kappa shape index (κ2) is 11.1. The zero-order chi connectivity index (χ0) is 15.5. The zero-order valence-electron chi connectivity index (χ0n) is 14.1. The molecule has 1 fully saturated rings. The molecule has 1 rings (SSSR count). The van der Waals surface area contributed by atoms with Crippen molar-refractivity contribution in [3.05, 3.63) is 0 Å². The van der Waals surface area contributed by atoms with Gasteiger partial charge in [-0.3, -0.25) is 9.69 Å². The van der Waals surface area contributed by atoms with E-state index in [0.29, 0.717) is 12.6 Å². The third kappa shape index (κ3) is 7.85. The van der Waals surface area contributed by atoms with Crippen molar-refractivity contribution < 1.29 is 9.90 Å². The van der Waals surface area contributed by atoms with Gasteiger partial charge < -0.3 is 5.11 Å². The molecule has 0 aliphatic heterocycles. The molecule has 0 radical (unpaired) electrons. The number of aliphatic carboxylic acids is 1. The second-order valence-corrected chi connectivity index (χ2v) is 6.74. The number of rotatable bonds is 5. The Kier molecular flexibility index (Phi) is 9.73. The summed E-state index contributed by atoms with van der Waals surface area (Å²) in [7, 11) is 0. The van der Waals surface area contributed by atoms with Crippen LogP contribution >= 0.6 is 0 Å². The van der Waals surface area contributed by atoms with E-state index < -0.39 is 5.97 Å². The molecule has 0 spiro atoms. The summed E-state index contributed by atoms with van der Waals surface area (Å²) in [4.78, 5) is 13.5. The lowest BCUT2D eigenvalue weighted by molar-refractivity contribution is -0.141. The van der Waals surface area contributed by atoms with E-state index in [-0.39, 0.29) is 5.92 Å². The molecule has 0 aromatic heterocycles. The van der Waals surface area contributed by atoms with Crippen LogP contribution < -0.4 is 0 Å². The van der Waals surface area contributed by atoms with Gasteiger partial charge in [-0.1, -0.05) is 71.6 Å². The van der Waals surface area contributed by atoms with Crippen LogP contribution in [0.25, 0.3) is 0 Å². The summed E-state index contributed by atoms with van der Waals surface area (Å²) in [6.07, 6.45) is 14.8. The maximum absolute atomic E-state index is 11.1. The predicted octanol–water partition coefficient (Wildman–Crippen LogP) is 4.70. The van der Waals surface area contributed by atoms with E-state index in [4.69, 9.17) is 5.11 Å². The first-order valence-electron chi connectivity index (χ1n) is 9.12. The molecule has 1 aliphatic carbocycles. The maximum atomic E-state index is 11.1. The fourth-order valence-corrected chi connectivity index (χ4v) is 3.47. The normalized spacial score (nSPS) is 21.5. The van der Waals surface area contributed by atoms with E-state index in [1.165, 1.54) is 70.6 Å². The number of carbonyl (C=O) groups is 1. The highest BCUT2D eigenvalue weighted by Gasteiger charge is 2.21. The van der Waals surface area contributed by atoms with Gasteiger partial charge >= 0.3 is 5.97 Å².